The molecule has 1 N–H and O–H groups in total. The van der Waals surface area contributed by atoms with Gasteiger partial charge in [0.1, 0.15) is 18.3 Å². The molecule has 208 valence electrons. The highest BCUT2D eigenvalue weighted by molar-refractivity contribution is 9.10. The Morgan fingerprint density at radius 3 is 2.31 bits per heavy atom. The molecule has 0 saturated heterocycles. The first kappa shape index (κ1) is 30.2. The van der Waals surface area contributed by atoms with Crippen LogP contribution in [0.25, 0.3) is 0 Å². The number of hydrogen-bond donors (Lipinski definition) is 1. The number of carbonyl (C=O) groups excluding carboxylic acids is 2. The lowest BCUT2D eigenvalue weighted by Gasteiger charge is -2.32. The highest BCUT2D eigenvalue weighted by Crippen LogP contribution is 2.27. The van der Waals surface area contributed by atoms with Crippen LogP contribution in [0.1, 0.15) is 32.8 Å². The van der Waals surface area contributed by atoms with E-state index < -0.39 is 28.5 Å². The van der Waals surface area contributed by atoms with Gasteiger partial charge in [-0.1, -0.05) is 59.3 Å². The van der Waals surface area contributed by atoms with Crippen LogP contribution in [0.3, 0.4) is 0 Å². The Morgan fingerprint density at radius 2 is 1.67 bits per heavy atom. The molecule has 8 nitrogen and oxygen atoms in total. The van der Waals surface area contributed by atoms with Crippen LogP contribution in [0.5, 0.6) is 5.75 Å². The zero-order valence-electron chi connectivity index (χ0n) is 22.5. The first-order valence-electron chi connectivity index (χ1n) is 12.6. The molecule has 10 heteroatoms. The Bertz CT molecular complexity index is 1380. The van der Waals surface area contributed by atoms with Crippen molar-refractivity contribution < 1.29 is 22.7 Å². The smallest absolute Gasteiger partial charge is 0.264 e. The highest BCUT2D eigenvalue weighted by atomic mass is 79.9. The van der Waals surface area contributed by atoms with Gasteiger partial charge in [0.25, 0.3) is 10.0 Å². The number of nitrogens with zero attached hydrogens (tertiary/aromatic N) is 2. The predicted octanol–water partition coefficient (Wildman–Crippen LogP) is 4.99. The van der Waals surface area contributed by atoms with Gasteiger partial charge in [-0.25, -0.2) is 8.42 Å². The SMILES string of the molecule is CCC(C)NC(=O)C(C)N(Cc1cccc(OC)c1)C(=O)CN(c1cccc(Br)c1)S(=O)(=O)c1ccccc1. The summed E-state index contributed by atoms with van der Waals surface area (Å²) in [7, 11) is -2.56. The second-order valence-electron chi connectivity index (χ2n) is 9.17. The largest absolute Gasteiger partial charge is 0.497 e. The van der Waals surface area contributed by atoms with Crippen molar-refractivity contribution in [2.45, 2.75) is 50.7 Å². The molecule has 0 radical (unpaired) electrons. The minimum atomic E-state index is -4.11. The molecular weight excluding hydrogens is 582 g/mol. The molecule has 0 heterocycles. The quantitative estimate of drug-likeness (QED) is 0.310. The normalized spacial score (nSPS) is 12.7. The molecule has 0 aliphatic carbocycles. The third-order valence-corrected chi connectivity index (χ3v) is 8.64. The van der Waals surface area contributed by atoms with Gasteiger partial charge in [0.05, 0.1) is 17.7 Å². The summed E-state index contributed by atoms with van der Waals surface area (Å²) in [4.78, 5) is 28.5. The Labute approximate surface area is 239 Å². The number of hydrogen-bond acceptors (Lipinski definition) is 5. The monoisotopic (exact) mass is 615 g/mol. The summed E-state index contributed by atoms with van der Waals surface area (Å²) < 4.78 is 34.6. The predicted molar refractivity (Wildman–Crippen MR) is 156 cm³/mol. The van der Waals surface area contributed by atoms with Gasteiger partial charge < -0.3 is 15.0 Å². The number of ether oxygens (including phenoxy) is 1. The first-order valence-corrected chi connectivity index (χ1v) is 14.9. The van der Waals surface area contributed by atoms with E-state index in [1.165, 1.54) is 17.0 Å². The van der Waals surface area contributed by atoms with E-state index in [0.29, 0.717) is 15.9 Å². The number of sulfonamides is 1. The number of methoxy groups -OCH3 is 1. The van der Waals surface area contributed by atoms with E-state index in [1.54, 1.807) is 74.7 Å². The molecule has 3 aromatic rings. The summed E-state index contributed by atoms with van der Waals surface area (Å²) >= 11 is 3.40. The number of benzene rings is 3. The summed E-state index contributed by atoms with van der Waals surface area (Å²) in [6.07, 6.45) is 0.730. The van der Waals surface area contributed by atoms with E-state index in [1.807, 2.05) is 19.9 Å². The average Bonchev–Trinajstić information content (AvgIpc) is 2.94. The van der Waals surface area contributed by atoms with Crippen LogP contribution in [0.4, 0.5) is 5.69 Å². The Kier molecular flexibility index (Phi) is 10.5. The zero-order valence-corrected chi connectivity index (χ0v) is 24.9. The Morgan fingerprint density at radius 1 is 0.974 bits per heavy atom. The number of halogens is 1. The lowest BCUT2D eigenvalue weighted by atomic mass is 10.1. The molecule has 39 heavy (non-hydrogen) atoms. The summed E-state index contributed by atoms with van der Waals surface area (Å²) in [6.45, 7) is 5.08. The van der Waals surface area contributed by atoms with Crippen molar-refractivity contribution >= 4 is 43.5 Å². The van der Waals surface area contributed by atoms with Gasteiger partial charge in [-0.3, -0.25) is 13.9 Å². The molecule has 3 aromatic carbocycles. The Balaban J connectivity index is 2.02. The van der Waals surface area contributed by atoms with Gasteiger partial charge >= 0.3 is 0 Å². The summed E-state index contributed by atoms with van der Waals surface area (Å²) in [6, 6.07) is 21.0. The topological polar surface area (TPSA) is 96.0 Å². The second-order valence-corrected chi connectivity index (χ2v) is 11.9. The molecule has 0 aliphatic rings. The van der Waals surface area contributed by atoms with Crippen LogP contribution in [0, 0.1) is 0 Å². The van der Waals surface area contributed by atoms with E-state index in [9.17, 15) is 18.0 Å². The maximum atomic E-state index is 13.9. The number of nitrogens with one attached hydrogen (secondary N) is 1. The molecule has 2 atom stereocenters. The summed E-state index contributed by atoms with van der Waals surface area (Å²) in [5.41, 5.74) is 1.06. The van der Waals surface area contributed by atoms with Crippen molar-refractivity contribution in [1.82, 2.24) is 10.2 Å². The van der Waals surface area contributed by atoms with Crippen LogP contribution in [0.15, 0.2) is 88.2 Å². The number of rotatable bonds is 12. The maximum Gasteiger partial charge on any atom is 0.264 e. The lowest BCUT2D eigenvalue weighted by Crippen LogP contribution is -2.52. The van der Waals surface area contributed by atoms with Crippen LogP contribution >= 0.6 is 15.9 Å². The van der Waals surface area contributed by atoms with Crippen LogP contribution in [-0.4, -0.2) is 50.9 Å². The molecule has 0 aliphatic heterocycles. The molecule has 0 bridgehead atoms. The van der Waals surface area contributed by atoms with Gasteiger partial charge in [0.2, 0.25) is 11.8 Å². The molecule has 2 unspecified atom stereocenters. The van der Waals surface area contributed by atoms with Crippen molar-refractivity contribution in [2.75, 3.05) is 18.0 Å². The standard InChI is InChI=1S/C29H34BrN3O5S/c1-5-21(2)31-29(35)22(3)32(19-23-11-9-14-26(17-23)38-4)28(34)20-33(25-13-10-12-24(30)18-25)39(36,37)27-15-7-6-8-16-27/h6-18,21-22H,5,19-20H2,1-4H3,(H,31,35). The van der Waals surface area contributed by atoms with E-state index in [-0.39, 0.29) is 23.4 Å². The van der Waals surface area contributed by atoms with Gasteiger partial charge in [-0.05, 0) is 68.3 Å². The summed E-state index contributed by atoms with van der Waals surface area (Å²) in [5, 5.41) is 2.93. The fourth-order valence-corrected chi connectivity index (χ4v) is 5.71. The third-order valence-electron chi connectivity index (χ3n) is 6.36. The summed E-state index contributed by atoms with van der Waals surface area (Å²) in [5.74, 6) is -0.233. The molecule has 0 saturated carbocycles. The van der Waals surface area contributed by atoms with Crippen LogP contribution in [-0.2, 0) is 26.2 Å². The molecule has 2 amide bonds. The minimum absolute atomic E-state index is 0.0553. The fraction of sp³-hybridized carbons (Fsp3) is 0.310. The van der Waals surface area contributed by atoms with Crippen molar-refractivity contribution in [3.8, 4) is 5.75 Å². The second kappa shape index (κ2) is 13.6. The van der Waals surface area contributed by atoms with E-state index in [4.69, 9.17) is 4.74 Å². The van der Waals surface area contributed by atoms with Gasteiger partial charge in [-0.15, -0.1) is 0 Å². The minimum Gasteiger partial charge on any atom is -0.497 e. The van der Waals surface area contributed by atoms with Crippen molar-refractivity contribution in [1.29, 1.82) is 0 Å². The van der Waals surface area contributed by atoms with Crippen molar-refractivity contribution in [2.24, 2.45) is 0 Å². The fourth-order valence-electron chi connectivity index (χ4n) is 3.90. The third kappa shape index (κ3) is 7.83. The highest BCUT2D eigenvalue weighted by Gasteiger charge is 2.32. The van der Waals surface area contributed by atoms with Gasteiger partial charge in [0, 0.05) is 17.1 Å². The lowest BCUT2D eigenvalue weighted by molar-refractivity contribution is -0.139. The van der Waals surface area contributed by atoms with Crippen LogP contribution in [0.2, 0.25) is 0 Å². The van der Waals surface area contributed by atoms with E-state index in [2.05, 4.69) is 21.2 Å². The zero-order chi connectivity index (χ0) is 28.6. The molecule has 3 rings (SSSR count). The molecule has 0 aromatic heterocycles. The Hall–Kier alpha value is -3.37. The van der Waals surface area contributed by atoms with Gasteiger partial charge in [0.15, 0.2) is 0 Å². The van der Waals surface area contributed by atoms with Gasteiger partial charge in [-0.2, -0.15) is 0 Å². The molecule has 0 fully saturated rings. The van der Waals surface area contributed by atoms with Crippen molar-refractivity contribution in [3.63, 3.8) is 0 Å². The number of amides is 2. The van der Waals surface area contributed by atoms with E-state index >= 15 is 0 Å². The maximum absolute atomic E-state index is 13.9. The number of carbonyl (C=O) groups is 2. The molecule has 0 spiro atoms. The van der Waals surface area contributed by atoms with Crippen molar-refractivity contribution in [3.05, 3.63) is 88.9 Å². The first-order chi connectivity index (χ1) is 18.6. The van der Waals surface area contributed by atoms with Crippen LogP contribution < -0.4 is 14.4 Å². The molecular formula is C29H34BrN3O5S. The van der Waals surface area contributed by atoms with E-state index in [0.717, 1.165) is 16.3 Å². The number of anilines is 1. The average molecular weight is 617 g/mol.